The number of thioether (sulfide) groups is 2. The van der Waals surface area contributed by atoms with E-state index in [1.165, 1.54) is 5.75 Å². The van der Waals surface area contributed by atoms with Gasteiger partial charge < -0.3 is 9.84 Å². The maximum absolute atomic E-state index is 10.4. The van der Waals surface area contributed by atoms with Crippen LogP contribution in [0, 0.1) is 0 Å². The molecule has 0 bridgehead atoms. The van der Waals surface area contributed by atoms with Crippen molar-refractivity contribution in [1.29, 1.82) is 0 Å². The van der Waals surface area contributed by atoms with E-state index in [1.807, 2.05) is 54.7 Å². The first-order valence-corrected chi connectivity index (χ1v) is 8.12. The third-order valence-electron chi connectivity index (χ3n) is 2.73. The molecule has 2 rings (SSSR count). The van der Waals surface area contributed by atoms with Gasteiger partial charge in [-0.3, -0.25) is 0 Å². The molecule has 1 aliphatic rings. The summed E-state index contributed by atoms with van der Waals surface area (Å²) in [5.41, 5.74) is 0.925. The summed E-state index contributed by atoms with van der Waals surface area (Å²) in [5, 5.41) is 10.7. The van der Waals surface area contributed by atoms with Gasteiger partial charge in [0.2, 0.25) is 0 Å². The third-order valence-corrected chi connectivity index (χ3v) is 5.58. The van der Waals surface area contributed by atoms with Crippen molar-refractivity contribution in [3.05, 3.63) is 29.8 Å². The molecule has 0 amide bonds. The first kappa shape index (κ1) is 13.1. The Morgan fingerprint density at radius 3 is 2.94 bits per heavy atom. The Morgan fingerprint density at radius 2 is 2.24 bits per heavy atom. The van der Waals surface area contributed by atoms with Gasteiger partial charge in [-0.1, -0.05) is 18.2 Å². The van der Waals surface area contributed by atoms with Crippen molar-refractivity contribution in [3.8, 4) is 5.75 Å². The topological polar surface area (TPSA) is 29.5 Å². The van der Waals surface area contributed by atoms with E-state index < -0.39 is 6.10 Å². The van der Waals surface area contributed by atoms with Gasteiger partial charge in [-0.05, 0) is 13.0 Å². The molecule has 0 spiro atoms. The SMILES string of the molecule is CCOc1ccccc1C(O)C1CSCCS1. The van der Waals surface area contributed by atoms with E-state index in [2.05, 4.69) is 0 Å². The lowest BCUT2D eigenvalue weighted by atomic mass is 10.1. The highest BCUT2D eigenvalue weighted by molar-refractivity contribution is 8.06. The first-order valence-electron chi connectivity index (χ1n) is 5.92. The van der Waals surface area contributed by atoms with Gasteiger partial charge in [0, 0.05) is 28.1 Å². The largest absolute Gasteiger partial charge is 0.493 e. The Morgan fingerprint density at radius 1 is 1.41 bits per heavy atom. The van der Waals surface area contributed by atoms with Crippen LogP contribution < -0.4 is 4.74 Å². The van der Waals surface area contributed by atoms with Gasteiger partial charge in [0.25, 0.3) is 0 Å². The van der Waals surface area contributed by atoms with Gasteiger partial charge in [-0.15, -0.1) is 0 Å². The van der Waals surface area contributed by atoms with Crippen LogP contribution in [0.15, 0.2) is 24.3 Å². The lowest BCUT2D eigenvalue weighted by molar-refractivity contribution is 0.174. The molecule has 1 aliphatic heterocycles. The normalized spacial score (nSPS) is 22.1. The minimum absolute atomic E-state index is 0.287. The maximum Gasteiger partial charge on any atom is 0.125 e. The van der Waals surface area contributed by atoms with E-state index in [1.54, 1.807) is 0 Å². The van der Waals surface area contributed by atoms with Crippen LogP contribution in [0.3, 0.4) is 0 Å². The molecule has 2 atom stereocenters. The summed E-state index contributed by atoms with van der Waals surface area (Å²) in [5.74, 6) is 4.16. The zero-order valence-corrected chi connectivity index (χ0v) is 11.6. The number of aliphatic hydroxyl groups is 1. The predicted octanol–water partition coefficient (Wildman–Crippen LogP) is 2.97. The van der Waals surface area contributed by atoms with E-state index in [0.29, 0.717) is 6.61 Å². The van der Waals surface area contributed by atoms with Gasteiger partial charge in [-0.25, -0.2) is 0 Å². The van der Waals surface area contributed by atoms with Crippen molar-refractivity contribution in [2.45, 2.75) is 18.3 Å². The highest BCUT2D eigenvalue weighted by Gasteiger charge is 2.26. The molecule has 2 unspecified atom stereocenters. The van der Waals surface area contributed by atoms with Crippen molar-refractivity contribution in [3.63, 3.8) is 0 Å². The Kier molecular flexibility index (Phi) is 5.07. The molecule has 0 aliphatic carbocycles. The number of aliphatic hydroxyl groups excluding tert-OH is 1. The van der Waals surface area contributed by atoms with Crippen LogP contribution in [-0.4, -0.2) is 34.2 Å². The van der Waals surface area contributed by atoms with Crippen LogP contribution in [-0.2, 0) is 0 Å². The highest BCUT2D eigenvalue weighted by Crippen LogP contribution is 2.36. The quantitative estimate of drug-likeness (QED) is 0.911. The van der Waals surface area contributed by atoms with Crippen molar-refractivity contribution >= 4 is 23.5 Å². The van der Waals surface area contributed by atoms with E-state index in [4.69, 9.17) is 4.74 Å². The lowest BCUT2D eigenvalue weighted by Crippen LogP contribution is -2.22. The summed E-state index contributed by atoms with van der Waals surface area (Å²) >= 11 is 3.79. The molecule has 1 heterocycles. The Hall–Kier alpha value is -0.320. The molecule has 4 heteroatoms. The van der Waals surface area contributed by atoms with Crippen molar-refractivity contribution in [1.82, 2.24) is 0 Å². The van der Waals surface area contributed by atoms with Crippen LogP contribution in [0.1, 0.15) is 18.6 Å². The molecule has 1 saturated heterocycles. The minimum Gasteiger partial charge on any atom is -0.493 e. The molecule has 0 aromatic heterocycles. The van der Waals surface area contributed by atoms with Crippen LogP contribution in [0.5, 0.6) is 5.75 Å². The third kappa shape index (κ3) is 3.33. The molecule has 2 nitrogen and oxygen atoms in total. The molecular weight excluding hydrogens is 252 g/mol. The van der Waals surface area contributed by atoms with E-state index >= 15 is 0 Å². The summed E-state index contributed by atoms with van der Waals surface area (Å²) in [7, 11) is 0. The fourth-order valence-electron chi connectivity index (χ4n) is 1.90. The molecule has 0 saturated carbocycles. The van der Waals surface area contributed by atoms with Gasteiger partial charge in [0.05, 0.1) is 12.7 Å². The first-order chi connectivity index (χ1) is 8.33. The van der Waals surface area contributed by atoms with Gasteiger partial charge in [0.15, 0.2) is 0 Å². The zero-order valence-electron chi connectivity index (χ0n) is 9.96. The standard InChI is InChI=1S/C13H18O2S2/c1-2-15-11-6-4-3-5-10(11)13(14)12-9-16-7-8-17-12/h3-6,12-14H,2,7-9H2,1H3. The molecule has 1 aromatic rings. The number of para-hydroxylation sites is 1. The Balaban J connectivity index is 2.14. The summed E-state index contributed by atoms with van der Waals surface area (Å²) in [6.45, 7) is 2.60. The fraction of sp³-hybridized carbons (Fsp3) is 0.538. The monoisotopic (exact) mass is 270 g/mol. The smallest absolute Gasteiger partial charge is 0.125 e. The fourth-order valence-corrected chi connectivity index (χ4v) is 4.64. The minimum atomic E-state index is -0.421. The lowest BCUT2D eigenvalue weighted by Gasteiger charge is -2.27. The molecule has 1 aromatic carbocycles. The number of ether oxygens (including phenoxy) is 1. The molecule has 0 radical (unpaired) electrons. The Labute approximate surface area is 111 Å². The van der Waals surface area contributed by atoms with Gasteiger partial charge in [-0.2, -0.15) is 23.5 Å². The molecule has 1 N–H and O–H groups in total. The van der Waals surface area contributed by atoms with E-state index in [0.717, 1.165) is 22.8 Å². The number of rotatable bonds is 4. The van der Waals surface area contributed by atoms with E-state index in [-0.39, 0.29) is 5.25 Å². The molecular formula is C13H18O2S2. The summed E-state index contributed by atoms with van der Waals surface area (Å²) in [4.78, 5) is 0. The second-order valence-electron chi connectivity index (χ2n) is 3.90. The zero-order chi connectivity index (χ0) is 12.1. The summed E-state index contributed by atoms with van der Waals surface area (Å²) in [6.07, 6.45) is -0.421. The highest BCUT2D eigenvalue weighted by atomic mass is 32.2. The second-order valence-corrected chi connectivity index (χ2v) is 6.40. The summed E-state index contributed by atoms with van der Waals surface area (Å²) in [6, 6.07) is 7.81. The van der Waals surface area contributed by atoms with Crippen LogP contribution in [0.25, 0.3) is 0 Å². The maximum atomic E-state index is 10.4. The predicted molar refractivity (Wildman–Crippen MR) is 76.1 cm³/mol. The second kappa shape index (κ2) is 6.57. The van der Waals surface area contributed by atoms with E-state index in [9.17, 15) is 5.11 Å². The van der Waals surface area contributed by atoms with Crippen molar-refractivity contribution in [2.75, 3.05) is 23.9 Å². The molecule has 94 valence electrons. The number of benzene rings is 1. The Bertz CT molecular complexity index is 351. The molecule has 17 heavy (non-hydrogen) atoms. The average molecular weight is 270 g/mol. The van der Waals surface area contributed by atoms with Gasteiger partial charge >= 0.3 is 0 Å². The average Bonchev–Trinajstić information content (AvgIpc) is 2.40. The van der Waals surface area contributed by atoms with Gasteiger partial charge in [0.1, 0.15) is 5.75 Å². The number of hydrogen-bond acceptors (Lipinski definition) is 4. The van der Waals surface area contributed by atoms with Crippen LogP contribution >= 0.6 is 23.5 Å². The van der Waals surface area contributed by atoms with Crippen molar-refractivity contribution < 1.29 is 9.84 Å². The van der Waals surface area contributed by atoms with Crippen LogP contribution in [0.2, 0.25) is 0 Å². The number of hydrogen-bond donors (Lipinski definition) is 1. The van der Waals surface area contributed by atoms with Crippen molar-refractivity contribution in [2.24, 2.45) is 0 Å². The molecule has 1 fully saturated rings. The summed E-state index contributed by atoms with van der Waals surface area (Å²) < 4.78 is 5.57. The van der Waals surface area contributed by atoms with Crippen LogP contribution in [0.4, 0.5) is 0 Å².